The Morgan fingerprint density at radius 2 is 1.81 bits per heavy atom. The number of hydrogen-bond donors (Lipinski definition) is 2. The van der Waals surface area contributed by atoms with Crippen LogP contribution >= 0.6 is 0 Å². The summed E-state index contributed by atoms with van der Waals surface area (Å²) in [7, 11) is 0. The van der Waals surface area contributed by atoms with Gasteiger partial charge in [0.15, 0.2) is 0 Å². The number of nitrogens with zero attached hydrogens (tertiary/aromatic N) is 2. The van der Waals surface area contributed by atoms with Crippen LogP contribution in [0.5, 0.6) is 0 Å². The molecule has 3 amide bonds. The van der Waals surface area contributed by atoms with E-state index in [1.54, 1.807) is 4.90 Å². The number of nitrogens with one attached hydrogen (secondary N) is 1. The van der Waals surface area contributed by atoms with E-state index in [4.69, 9.17) is 14.6 Å². The minimum atomic E-state index is -0.986. The highest BCUT2D eigenvalue weighted by atomic mass is 16.6. The van der Waals surface area contributed by atoms with Crippen LogP contribution in [-0.2, 0) is 14.3 Å². The normalized spacial score (nSPS) is 22.0. The van der Waals surface area contributed by atoms with E-state index >= 15 is 0 Å². The molecule has 148 valence electrons. The molecule has 26 heavy (non-hydrogen) atoms. The van der Waals surface area contributed by atoms with Crippen LogP contribution in [0.1, 0.15) is 40.0 Å². The molecule has 2 rings (SSSR count). The zero-order valence-electron chi connectivity index (χ0n) is 15.7. The van der Waals surface area contributed by atoms with Crippen molar-refractivity contribution in [3.05, 3.63) is 0 Å². The molecule has 1 unspecified atom stereocenters. The summed E-state index contributed by atoms with van der Waals surface area (Å²) in [5, 5.41) is 11.9. The lowest BCUT2D eigenvalue weighted by Gasteiger charge is -2.35. The number of carbonyl (C=O) groups excluding carboxylic acids is 2. The second-order valence-corrected chi connectivity index (χ2v) is 7.73. The molecule has 0 aromatic heterocycles. The van der Waals surface area contributed by atoms with Gasteiger partial charge in [0.05, 0.1) is 25.7 Å². The first-order chi connectivity index (χ1) is 12.1. The van der Waals surface area contributed by atoms with Crippen molar-refractivity contribution >= 4 is 18.1 Å². The standard InChI is InChI=1S/C17H29N3O6/c1-17(2,3)26-15(22)18-12-4-6-19(7-5-12)14(21)10-13-11-20(16(23)24)8-9-25-13/h12-13H,4-11H2,1-3H3,(H,18,22)(H,23,24). The number of hydrogen-bond acceptors (Lipinski definition) is 5. The number of amides is 3. The summed E-state index contributed by atoms with van der Waals surface area (Å²) in [5.41, 5.74) is -0.537. The number of alkyl carbamates (subject to hydrolysis) is 1. The zero-order chi connectivity index (χ0) is 19.3. The van der Waals surface area contributed by atoms with Gasteiger partial charge in [-0.05, 0) is 33.6 Å². The minimum Gasteiger partial charge on any atom is -0.465 e. The van der Waals surface area contributed by atoms with Gasteiger partial charge in [-0.15, -0.1) is 0 Å². The highest BCUT2D eigenvalue weighted by molar-refractivity contribution is 5.77. The molecular weight excluding hydrogens is 342 g/mol. The summed E-state index contributed by atoms with van der Waals surface area (Å²) in [6, 6.07) is -0.0117. The number of likely N-dealkylation sites (tertiary alicyclic amines) is 1. The van der Waals surface area contributed by atoms with Gasteiger partial charge in [0.25, 0.3) is 0 Å². The van der Waals surface area contributed by atoms with Gasteiger partial charge in [-0.2, -0.15) is 0 Å². The molecule has 2 N–H and O–H groups in total. The summed E-state index contributed by atoms with van der Waals surface area (Å²) >= 11 is 0. The van der Waals surface area contributed by atoms with Gasteiger partial charge in [-0.3, -0.25) is 4.79 Å². The van der Waals surface area contributed by atoms with E-state index < -0.39 is 23.9 Å². The van der Waals surface area contributed by atoms with Gasteiger partial charge >= 0.3 is 12.2 Å². The third-order valence-corrected chi connectivity index (χ3v) is 4.38. The Balaban J connectivity index is 1.72. The Morgan fingerprint density at radius 3 is 2.38 bits per heavy atom. The van der Waals surface area contributed by atoms with Crippen LogP contribution in [0.2, 0.25) is 0 Å². The average molecular weight is 371 g/mol. The lowest BCUT2D eigenvalue weighted by molar-refractivity contribution is -0.137. The summed E-state index contributed by atoms with van der Waals surface area (Å²) in [6.07, 6.45) is -0.319. The van der Waals surface area contributed by atoms with Crippen molar-refractivity contribution in [3.63, 3.8) is 0 Å². The molecule has 2 heterocycles. The van der Waals surface area contributed by atoms with E-state index in [0.717, 1.165) is 0 Å². The lowest BCUT2D eigenvalue weighted by atomic mass is 10.0. The predicted octanol–water partition coefficient (Wildman–Crippen LogP) is 1.27. The third kappa shape index (κ3) is 6.36. The summed E-state index contributed by atoms with van der Waals surface area (Å²) in [6.45, 7) is 7.40. The van der Waals surface area contributed by atoms with Crippen molar-refractivity contribution < 1.29 is 29.0 Å². The molecule has 0 aromatic carbocycles. The van der Waals surface area contributed by atoms with E-state index in [1.165, 1.54) is 4.90 Å². The van der Waals surface area contributed by atoms with Gasteiger partial charge in [0.2, 0.25) is 5.91 Å². The Bertz CT molecular complexity index is 525. The van der Waals surface area contributed by atoms with Crippen molar-refractivity contribution in [2.24, 2.45) is 0 Å². The van der Waals surface area contributed by atoms with Gasteiger partial charge < -0.3 is 29.7 Å². The molecule has 1 atom stereocenters. The molecule has 0 bridgehead atoms. The molecule has 2 aliphatic heterocycles. The molecular formula is C17H29N3O6. The Kier molecular flexibility index (Phi) is 6.69. The van der Waals surface area contributed by atoms with Gasteiger partial charge in [0, 0.05) is 25.7 Å². The van der Waals surface area contributed by atoms with E-state index in [0.29, 0.717) is 39.1 Å². The Labute approximate surface area is 153 Å². The number of piperidine rings is 1. The largest absolute Gasteiger partial charge is 0.465 e. The zero-order valence-corrected chi connectivity index (χ0v) is 15.7. The van der Waals surface area contributed by atoms with Crippen molar-refractivity contribution in [3.8, 4) is 0 Å². The van der Waals surface area contributed by atoms with Crippen LogP contribution in [0, 0.1) is 0 Å². The second-order valence-electron chi connectivity index (χ2n) is 7.73. The monoisotopic (exact) mass is 371 g/mol. The van der Waals surface area contributed by atoms with E-state index in [2.05, 4.69) is 5.32 Å². The van der Waals surface area contributed by atoms with Gasteiger partial charge in [-0.25, -0.2) is 9.59 Å². The SMILES string of the molecule is CC(C)(C)OC(=O)NC1CCN(C(=O)CC2CN(C(=O)O)CCO2)CC1. The number of morpholine rings is 1. The molecule has 0 aromatic rings. The summed E-state index contributed by atoms with van der Waals surface area (Å²) in [4.78, 5) is 38.3. The first-order valence-corrected chi connectivity index (χ1v) is 9.01. The fourth-order valence-corrected chi connectivity index (χ4v) is 3.09. The van der Waals surface area contributed by atoms with Crippen molar-refractivity contribution in [2.75, 3.05) is 32.8 Å². The van der Waals surface area contributed by atoms with Crippen molar-refractivity contribution in [1.29, 1.82) is 0 Å². The first-order valence-electron chi connectivity index (χ1n) is 9.01. The summed E-state index contributed by atoms with van der Waals surface area (Å²) < 4.78 is 10.8. The van der Waals surface area contributed by atoms with E-state index in [1.807, 2.05) is 20.8 Å². The Morgan fingerprint density at radius 1 is 1.15 bits per heavy atom. The topological polar surface area (TPSA) is 108 Å². The molecule has 0 aliphatic carbocycles. The average Bonchev–Trinajstić information content (AvgIpc) is 2.53. The van der Waals surface area contributed by atoms with Crippen molar-refractivity contribution in [2.45, 2.75) is 57.8 Å². The number of carbonyl (C=O) groups is 3. The fourth-order valence-electron chi connectivity index (χ4n) is 3.09. The van der Waals surface area contributed by atoms with Crippen LogP contribution < -0.4 is 5.32 Å². The van der Waals surface area contributed by atoms with Crippen LogP contribution in [-0.4, -0.2) is 83.5 Å². The molecule has 2 saturated heterocycles. The highest BCUT2D eigenvalue weighted by Crippen LogP contribution is 2.16. The molecule has 0 spiro atoms. The predicted molar refractivity (Wildman–Crippen MR) is 92.9 cm³/mol. The molecule has 9 heteroatoms. The highest BCUT2D eigenvalue weighted by Gasteiger charge is 2.30. The molecule has 9 nitrogen and oxygen atoms in total. The molecule has 0 saturated carbocycles. The quantitative estimate of drug-likeness (QED) is 0.773. The number of carboxylic acid groups (broad SMARTS) is 1. The number of ether oxygens (including phenoxy) is 2. The maximum atomic E-state index is 12.4. The van der Waals surface area contributed by atoms with Crippen molar-refractivity contribution in [1.82, 2.24) is 15.1 Å². The lowest BCUT2D eigenvalue weighted by Crippen LogP contribution is -2.50. The third-order valence-electron chi connectivity index (χ3n) is 4.38. The summed E-state index contributed by atoms with van der Waals surface area (Å²) in [5.74, 6) is -0.0436. The fraction of sp³-hybridized carbons (Fsp3) is 0.824. The van der Waals surface area contributed by atoms with Crippen LogP contribution in [0.15, 0.2) is 0 Å². The first kappa shape index (κ1) is 20.3. The maximum absolute atomic E-state index is 12.4. The van der Waals surface area contributed by atoms with E-state index in [9.17, 15) is 14.4 Å². The molecule has 2 fully saturated rings. The van der Waals surface area contributed by atoms with Crippen LogP contribution in [0.3, 0.4) is 0 Å². The second kappa shape index (κ2) is 8.57. The van der Waals surface area contributed by atoms with Crippen LogP contribution in [0.25, 0.3) is 0 Å². The molecule has 0 radical (unpaired) electrons. The smallest absolute Gasteiger partial charge is 0.407 e. The van der Waals surface area contributed by atoms with Gasteiger partial charge in [-0.1, -0.05) is 0 Å². The van der Waals surface area contributed by atoms with Gasteiger partial charge in [0.1, 0.15) is 5.60 Å². The Hall–Kier alpha value is -2.03. The molecule has 2 aliphatic rings. The van der Waals surface area contributed by atoms with Crippen LogP contribution in [0.4, 0.5) is 9.59 Å². The minimum absolute atomic E-state index is 0.0117. The maximum Gasteiger partial charge on any atom is 0.407 e. The van der Waals surface area contributed by atoms with E-state index in [-0.39, 0.29) is 24.9 Å². The number of rotatable bonds is 3.